The van der Waals surface area contributed by atoms with Crippen LogP contribution in [-0.2, 0) is 28.5 Å². The number of benzene rings is 2. The average molecular weight is 591 g/mol. The summed E-state index contributed by atoms with van der Waals surface area (Å²) in [5, 5.41) is 0. The van der Waals surface area contributed by atoms with E-state index >= 15 is 0 Å². The van der Waals surface area contributed by atoms with Crippen molar-refractivity contribution in [2.75, 3.05) is 33.6 Å². The van der Waals surface area contributed by atoms with Gasteiger partial charge in [-0.3, -0.25) is 9.59 Å². The molecule has 0 heterocycles. The number of rotatable bonds is 18. The molecule has 0 radical (unpaired) electrons. The van der Waals surface area contributed by atoms with Crippen LogP contribution < -0.4 is 9.05 Å². The maximum Gasteiger partial charge on any atom is 0.341 e. The number of ether oxygens (including phenoxy) is 4. The highest BCUT2D eigenvalue weighted by Crippen LogP contribution is 2.45. The van der Waals surface area contributed by atoms with Crippen molar-refractivity contribution in [2.24, 2.45) is 5.92 Å². The lowest BCUT2D eigenvalue weighted by atomic mass is 10.1. The van der Waals surface area contributed by atoms with Crippen molar-refractivity contribution in [1.82, 2.24) is 0 Å². The van der Waals surface area contributed by atoms with Gasteiger partial charge < -0.3 is 28.0 Å². The summed E-state index contributed by atoms with van der Waals surface area (Å²) < 4.78 is 32.9. The minimum absolute atomic E-state index is 0.00255. The molecule has 1 unspecified atom stereocenters. The Hall–Kier alpha value is -3.65. The van der Waals surface area contributed by atoms with Gasteiger partial charge in [-0.25, -0.2) is 9.59 Å². The number of unbranched alkanes of at least 4 members (excludes halogenated alkanes) is 2. The van der Waals surface area contributed by atoms with E-state index in [0.717, 1.165) is 25.7 Å². The molecule has 41 heavy (non-hydrogen) atoms. The zero-order valence-corrected chi connectivity index (χ0v) is 25.0. The number of hydrogen-bond donors (Lipinski definition) is 0. The third kappa shape index (κ3) is 11.4. The molecule has 1 atom stereocenters. The van der Waals surface area contributed by atoms with Crippen LogP contribution >= 0.6 is 8.38 Å². The first kappa shape index (κ1) is 33.6. The van der Waals surface area contributed by atoms with Gasteiger partial charge >= 0.3 is 23.9 Å². The summed E-state index contributed by atoms with van der Waals surface area (Å²) in [5.41, 5.74) is 0.382. The summed E-state index contributed by atoms with van der Waals surface area (Å²) >= 11 is 0. The molecule has 0 aliphatic rings. The lowest BCUT2D eigenvalue weighted by molar-refractivity contribution is -0.146. The Labute approximate surface area is 242 Å². The predicted molar refractivity (Wildman–Crippen MR) is 153 cm³/mol. The molecule has 2 aromatic rings. The Morgan fingerprint density at radius 3 is 1.66 bits per heavy atom. The fourth-order valence-electron chi connectivity index (χ4n) is 3.54. The number of para-hydroxylation sites is 2. The van der Waals surface area contributed by atoms with Gasteiger partial charge in [-0.05, 0) is 43.5 Å². The van der Waals surface area contributed by atoms with E-state index in [2.05, 4.69) is 0 Å². The summed E-state index contributed by atoms with van der Waals surface area (Å²) in [5.74, 6) is -2.56. The first-order valence-electron chi connectivity index (χ1n) is 13.6. The van der Waals surface area contributed by atoms with Gasteiger partial charge in [0.05, 0.1) is 39.5 Å². The lowest BCUT2D eigenvalue weighted by Gasteiger charge is -2.24. The molecule has 0 aliphatic carbocycles. The molecule has 10 nitrogen and oxygen atoms in total. The molecular formula is C30H39O10P. The molecule has 224 valence electrons. The second-order valence-corrected chi connectivity index (χ2v) is 10.4. The topological polar surface area (TPSA) is 124 Å². The molecule has 11 heteroatoms. The fourth-order valence-corrected chi connectivity index (χ4v) is 5.18. The van der Waals surface area contributed by atoms with Crippen molar-refractivity contribution in [3.63, 3.8) is 0 Å². The van der Waals surface area contributed by atoms with E-state index < -0.39 is 38.2 Å². The quantitative estimate of drug-likeness (QED) is 0.0869. The van der Waals surface area contributed by atoms with Crippen LogP contribution in [0.3, 0.4) is 0 Å². The van der Waals surface area contributed by atoms with Crippen molar-refractivity contribution < 1.29 is 47.2 Å². The summed E-state index contributed by atoms with van der Waals surface area (Å²) in [4.78, 5) is 50.1. The molecule has 0 fully saturated rings. The van der Waals surface area contributed by atoms with E-state index in [1.54, 1.807) is 48.5 Å². The predicted octanol–water partition coefficient (Wildman–Crippen LogP) is 6.11. The van der Waals surface area contributed by atoms with Crippen molar-refractivity contribution in [3.05, 3.63) is 59.7 Å². The highest BCUT2D eigenvalue weighted by molar-refractivity contribution is 7.48. The maximum absolute atomic E-state index is 12.8. The van der Waals surface area contributed by atoms with Gasteiger partial charge in [0.1, 0.15) is 22.6 Å². The maximum atomic E-state index is 12.8. The van der Waals surface area contributed by atoms with E-state index in [-0.39, 0.29) is 54.8 Å². The standard InChI is InChI=1S/C30H39O10P/c1-5-7-19-37-29(33)23-13-9-11-15-25(23)39-41(21-22(28(32)36-4)17-18-27(31)35-3)40-26-16-12-10-14-24(26)30(34)38-20-8-6-2/h9-16,22H,5-8,17-21H2,1-4H3. The number of hydrogen-bond acceptors (Lipinski definition) is 10. The Morgan fingerprint density at radius 1 is 0.732 bits per heavy atom. The van der Waals surface area contributed by atoms with Crippen LogP contribution in [-0.4, -0.2) is 57.5 Å². The summed E-state index contributed by atoms with van der Waals surface area (Å²) in [6.45, 7) is 4.51. The first-order valence-corrected chi connectivity index (χ1v) is 15.0. The summed E-state index contributed by atoms with van der Waals surface area (Å²) in [6.07, 6.45) is 3.26. The normalized spacial score (nSPS) is 11.3. The van der Waals surface area contributed by atoms with Gasteiger partial charge in [0, 0.05) is 6.42 Å². The average Bonchev–Trinajstić information content (AvgIpc) is 2.99. The van der Waals surface area contributed by atoms with Crippen LogP contribution in [0, 0.1) is 5.92 Å². The SMILES string of the molecule is CCCCOC(=O)c1ccccc1OP(CC(CCC(=O)OC)C(=O)OC)Oc1ccccc1C(=O)OCCCC. The van der Waals surface area contributed by atoms with Crippen molar-refractivity contribution >= 4 is 32.3 Å². The van der Waals surface area contributed by atoms with Crippen LogP contribution in [0.25, 0.3) is 0 Å². The minimum Gasteiger partial charge on any atom is -0.469 e. The van der Waals surface area contributed by atoms with Gasteiger partial charge in [0.15, 0.2) is 0 Å². The minimum atomic E-state index is -2.01. The second-order valence-electron chi connectivity index (χ2n) is 9.00. The molecule has 0 amide bonds. The van der Waals surface area contributed by atoms with Crippen LogP contribution in [0.2, 0.25) is 0 Å². The zero-order valence-electron chi connectivity index (χ0n) is 24.1. The largest absolute Gasteiger partial charge is 0.469 e. The Bertz CT molecular complexity index is 1070. The number of carbonyl (C=O) groups is 4. The van der Waals surface area contributed by atoms with E-state index in [9.17, 15) is 19.2 Å². The highest BCUT2D eigenvalue weighted by atomic mass is 31.2. The van der Waals surface area contributed by atoms with Crippen molar-refractivity contribution in [3.8, 4) is 11.5 Å². The number of carbonyl (C=O) groups excluding carboxylic acids is 4. The van der Waals surface area contributed by atoms with E-state index in [1.807, 2.05) is 13.8 Å². The van der Waals surface area contributed by atoms with Gasteiger partial charge in [0.2, 0.25) is 0 Å². The molecule has 0 spiro atoms. The van der Waals surface area contributed by atoms with Gasteiger partial charge in [-0.1, -0.05) is 51.0 Å². The monoisotopic (exact) mass is 590 g/mol. The molecular weight excluding hydrogens is 551 g/mol. The summed E-state index contributed by atoms with van der Waals surface area (Å²) in [6, 6.07) is 13.1. The van der Waals surface area contributed by atoms with E-state index in [4.69, 9.17) is 28.0 Å². The molecule has 0 saturated carbocycles. The Morgan fingerprint density at radius 2 is 1.22 bits per heavy atom. The van der Waals surface area contributed by atoms with Crippen LogP contribution in [0.15, 0.2) is 48.5 Å². The molecule has 0 aliphatic heterocycles. The second kappa shape index (κ2) is 18.7. The molecule has 0 aromatic heterocycles. The van der Waals surface area contributed by atoms with Crippen molar-refractivity contribution in [1.29, 1.82) is 0 Å². The van der Waals surface area contributed by atoms with Crippen LogP contribution in [0.4, 0.5) is 0 Å². The number of methoxy groups -OCH3 is 2. The Balaban J connectivity index is 2.41. The van der Waals surface area contributed by atoms with Crippen LogP contribution in [0.1, 0.15) is 73.1 Å². The van der Waals surface area contributed by atoms with Gasteiger partial charge in [0.25, 0.3) is 8.38 Å². The smallest absolute Gasteiger partial charge is 0.341 e. The Kier molecular flexibility index (Phi) is 15.3. The molecule has 0 bridgehead atoms. The molecule has 0 N–H and O–H groups in total. The fraction of sp³-hybridized carbons (Fsp3) is 0.467. The third-order valence-electron chi connectivity index (χ3n) is 5.90. The molecule has 0 saturated heterocycles. The molecule has 2 rings (SSSR count). The van der Waals surface area contributed by atoms with Crippen molar-refractivity contribution in [2.45, 2.75) is 52.4 Å². The number of esters is 4. The molecule has 2 aromatic carbocycles. The van der Waals surface area contributed by atoms with E-state index in [0.29, 0.717) is 0 Å². The first-order chi connectivity index (χ1) is 19.8. The van der Waals surface area contributed by atoms with Crippen LogP contribution in [0.5, 0.6) is 11.5 Å². The summed E-state index contributed by atoms with van der Waals surface area (Å²) in [7, 11) is 0.508. The highest BCUT2D eigenvalue weighted by Gasteiger charge is 2.31. The zero-order chi connectivity index (χ0) is 30.0. The lowest BCUT2D eigenvalue weighted by Crippen LogP contribution is -2.23. The third-order valence-corrected chi connectivity index (χ3v) is 7.44. The van der Waals surface area contributed by atoms with E-state index in [1.165, 1.54) is 14.2 Å². The van der Waals surface area contributed by atoms with Gasteiger partial charge in [-0.15, -0.1) is 0 Å². The van der Waals surface area contributed by atoms with Gasteiger partial charge in [-0.2, -0.15) is 0 Å².